The Kier molecular flexibility index (Phi) is 7.86. The standard InChI is InChI=1S/C22H23ClN4O3/c1-3-7-18-8-5-6-9-20(18)29-10-11-30-22-19(23)12-17(13-21(22)28-4-2)14-26-27-15-24-25-16-27/h3,5-6,8-9,12-16H,1,4,7,10-11H2,2H3/b26-14-. The molecular formula is C22H23ClN4O3. The van der Waals surface area contributed by atoms with Gasteiger partial charge in [-0.3, -0.25) is 0 Å². The van der Waals surface area contributed by atoms with Gasteiger partial charge in [-0.15, -0.1) is 16.8 Å². The van der Waals surface area contributed by atoms with Gasteiger partial charge >= 0.3 is 0 Å². The Bertz CT molecular complexity index is 990. The van der Waals surface area contributed by atoms with Crippen molar-refractivity contribution in [3.63, 3.8) is 0 Å². The zero-order chi connectivity index (χ0) is 21.2. The molecule has 0 aliphatic carbocycles. The van der Waals surface area contributed by atoms with E-state index in [-0.39, 0.29) is 0 Å². The average Bonchev–Trinajstić information content (AvgIpc) is 3.26. The lowest BCUT2D eigenvalue weighted by atomic mass is 10.1. The minimum atomic E-state index is 0.316. The van der Waals surface area contributed by atoms with Crippen LogP contribution in [0.2, 0.25) is 5.02 Å². The Morgan fingerprint density at radius 1 is 1.07 bits per heavy atom. The van der Waals surface area contributed by atoms with Crippen molar-refractivity contribution in [2.75, 3.05) is 19.8 Å². The third-order valence-electron chi connectivity index (χ3n) is 4.00. The molecule has 0 amide bonds. The Labute approximate surface area is 180 Å². The van der Waals surface area contributed by atoms with Crippen molar-refractivity contribution in [3.8, 4) is 17.2 Å². The SMILES string of the molecule is C=CCc1ccccc1OCCOc1c(Cl)cc(/C=N\n2cnnc2)cc1OCC. The molecule has 3 rings (SSSR count). The Balaban J connectivity index is 1.65. The van der Waals surface area contributed by atoms with Crippen LogP contribution in [0.3, 0.4) is 0 Å². The molecule has 1 heterocycles. The van der Waals surface area contributed by atoms with Crippen LogP contribution in [0, 0.1) is 0 Å². The molecule has 0 unspecified atom stereocenters. The van der Waals surface area contributed by atoms with E-state index in [1.165, 1.54) is 17.3 Å². The molecule has 0 aliphatic heterocycles. The first kappa shape index (κ1) is 21.4. The molecule has 3 aromatic rings. The molecule has 1 aromatic heterocycles. The van der Waals surface area contributed by atoms with Crippen molar-refractivity contribution in [3.05, 3.63) is 77.9 Å². The van der Waals surface area contributed by atoms with Crippen molar-refractivity contribution in [1.82, 2.24) is 14.9 Å². The lowest BCUT2D eigenvalue weighted by Gasteiger charge is -2.15. The second-order valence-corrected chi connectivity index (χ2v) is 6.55. The molecule has 0 spiro atoms. The largest absolute Gasteiger partial charge is 0.490 e. The number of para-hydroxylation sites is 1. The Morgan fingerprint density at radius 3 is 2.60 bits per heavy atom. The van der Waals surface area contributed by atoms with Crippen LogP contribution in [-0.4, -0.2) is 40.9 Å². The smallest absolute Gasteiger partial charge is 0.179 e. The monoisotopic (exact) mass is 426 g/mol. The normalized spacial score (nSPS) is 10.9. The van der Waals surface area contributed by atoms with Crippen molar-refractivity contribution in [2.24, 2.45) is 5.10 Å². The van der Waals surface area contributed by atoms with Crippen LogP contribution in [0.1, 0.15) is 18.1 Å². The summed E-state index contributed by atoms with van der Waals surface area (Å²) >= 11 is 6.44. The third kappa shape index (κ3) is 5.84. The van der Waals surface area contributed by atoms with Crippen LogP contribution in [-0.2, 0) is 6.42 Å². The minimum Gasteiger partial charge on any atom is -0.490 e. The summed E-state index contributed by atoms with van der Waals surface area (Å²) in [6.07, 6.45) is 7.22. The van der Waals surface area contributed by atoms with E-state index in [9.17, 15) is 0 Å². The number of aromatic nitrogens is 3. The zero-order valence-corrected chi connectivity index (χ0v) is 17.5. The zero-order valence-electron chi connectivity index (χ0n) is 16.7. The molecular weight excluding hydrogens is 404 g/mol. The van der Waals surface area contributed by atoms with E-state index in [0.717, 1.165) is 23.3 Å². The number of hydrogen-bond donors (Lipinski definition) is 0. The van der Waals surface area contributed by atoms with Gasteiger partial charge in [0.25, 0.3) is 0 Å². The quantitative estimate of drug-likeness (QED) is 0.258. The lowest BCUT2D eigenvalue weighted by Crippen LogP contribution is -2.11. The van der Waals surface area contributed by atoms with E-state index in [1.54, 1.807) is 12.3 Å². The second-order valence-electron chi connectivity index (χ2n) is 6.15. The summed E-state index contributed by atoms with van der Waals surface area (Å²) in [4.78, 5) is 0. The highest BCUT2D eigenvalue weighted by Gasteiger charge is 2.12. The van der Waals surface area contributed by atoms with Crippen LogP contribution in [0.4, 0.5) is 0 Å². The number of ether oxygens (including phenoxy) is 3. The average molecular weight is 427 g/mol. The van der Waals surface area contributed by atoms with Gasteiger partial charge in [0.05, 0.1) is 17.8 Å². The summed E-state index contributed by atoms with van der Waals surface area (Å²) in [6, 6.07) is 11.4. The topological polar surface area (TPSA) is 70.8 Å². The molecule has 2 aromatic carbocycles. The molecule has 156 valence electrons. The van der Waals surface area contributed by atoms with Crippen LogP contribution in [0.5, 0.6) is 17.2 Å². The Morgan fingerprint density at radius 2 is 1.83 bits per heavy atom. The van der Waals surface area contributed by atoms with E-state index < -0.39 is 0 Å². The fraction of sp³-hybridized carbons (Fsp3) is 0.227. The van der Waals surface area contributed by atoms with Crippen LogP contribution in [0.15, 0.2) is 66.8 Å². The predicted octanol–water partition coefficient (Wildman–Crippen LogP) is 4.40. The first-order valence-electron chi connectivity index (χ1n) is 9.51. The van der Waals surface area contributed by atoms with Gasteiger partial charge in [0.1, 0.15) is 31.6 Å². The van der Waals surface area contributed by atoms with Gasteiger partial charge in [0.15, 0.2) is 11.5 Å². The first-order chi connectivity index (χ1) is 14.7. The van der Waals surface area contributed by atoms with E-state index in [2.05, 4.69) is 21.9 Å². The molecule has 30 heavy (non-hydrogen) atoms. The van der Waals surface area contributed by atoms with E-state index in [4.69, 9.17) is 25.8 Å². The molecule has 0 radical (unpaired) electrons. The molecule has 0 fully saturated rings. The molecule has 0 aliphatic rings. The lowest BCUT2D eigenvalue weighted by molar-refractivity contribution is 0.207. The maximum Gasteiger partial charge on any atom is 0.179 e. The van der Waals surface area contributed by atoms with Crippen molar-refractivity contribution >= 4 is 17.8 Å². The van der Waals surface area contributed by atoms with Gasteiger partial charge in [-0.25, -0.2) is 4.68 Å². The molecule has 8 heteroatoms. The molecule has 0 saturated heterocycles. The fourth-order valence-corrected chi connectivity index (χ4v) is 2.99. The first-order valence-corrected chi connectivity index (χ1v) is 9.88. The van der Waals surface area contributed by atoms with Gasteiger partial charge in [-0.2, -0.15) is 5.10 Å². The van der Waals surface area contributed by atoms with E-state index >= 15 is 0 Å². The molecule has 0 atom stereocenters. The molecule has 0 bridgehead atoms. The highest BCUT2D eigenvalue weighted by atomic mass is 35.5. The Hall–Kier alpha value is -3.32. The minimum absolute atomic E-state index is 0.316. The number of halogens is 1. The van der Waals surface area contributed by atoms with Crippen LogP contribution >= 0.6 is 11.6 Å². The molecule has 0 saturated carbocycles. The number of hydrogen-bond acceptors (Lipinski definition) is 6. The van der Waals surface area contributed by atoms with Crippen LogP contribution < -0.4 is 14.2 Å². The predicted molar refractivity (Wildman–Crippen MR) is 117 cm³/mol. The summed E-state index contributed by atoms with van der Waals surface area (Å²) in [7, 11) is 0. The summed E-state index contributed by atoms with van der Waals surface area (Å²) in [5.74, 6) is 1.84. The molecule has 7 nitrogen and oxygen atoms in total. The van der Waals surface area contributed by atoms with Crippen molar-refractivity contribution in [2.45, 2.75) is 13.3 Å². The van der Waals surface area contributed by atoms with Gasteiger partial charge in [0, 0.05) is 0 Å². The third-order valence-corrected chi connectivity index (χ3v) is 4.28. The fourth-order valence-electron chi connectivity index (χ4n) is 2.72. The van der Waals surface area contributed by atoms with Crippen molar-refractivity contribution < 1.29 is 14.2 Å². The van der Waals surface area contributed by atoms with Gasteiger partial charge in [-0.1, -0.05) is 35.9 Å². The van der Waals surface area contributed by atoms with E-state index in [1.807, 2.05) is 43.3 Å². The maximum absolute atomic E-state index is 6.44. The summed E-state index contributed by atoms with van der Waals surface area (Å²) in [5, 5.41) is 12.1. The number of rotatable bonds is 11. The van der Waals surface area contributed by atoms with Gasteiger partial charge < -0.3 is 14.2 Å². The highest BCUT2D eigenvalue weighted by molar-refractivity contribution is 6.32. The van der Waals surface area contributed by atoms with Gasteiger partial charge in [0.2, 0.25) is 0 Å². The molecule has 0 N–H and O–H groups in total. The van der Waals surface area contributed by atoms with Crippen molar-refractivity contribution in [1.29, 1.82) is 0 Å². The summed E-state index contributed by atoms with van der Waals surface area (Å²) in [6.45, 7) is 6.84. The second kappa shape index (κ2) is 11.0. The number of allylic oxidation sites excluding steroid dienone is 1. The van der Waals surface area contributed by atoms with Crippen LogP contribution in [0.25, 0.3) is 0 Å². The number of benzene rings is 2. The highest BCUT2D eigenvalue weighted by Crippen LogP contribution is 2.36. The summed E-state index contributed by atoms with van der Waals surface area (Å²) in [5.41, 5.74) is 1.84. The van der Waals surface area contributed by atoms with E-state index in [0.29, 0.717) is 36.3 Å². The maximum atomic E-state index is 6.44. The summed E-state index contributed by atoms with van der Waals surface area (Å²) < 4.78 is 18.9. The van der Waals surface area contributed by atoms with Gasteiger partial charge in [-0.05, 0) is 42.7 Å². The number of nitrogens with zero attached hydrogens (tertiary/aromatic N) is 4.